The van der Waals surface area contributed by atoms with Crippen LogP contribution in [0.2, 0.25) is 0 Å². The number of hydrazine groups is 1. The molecular formula is C15H15F2IN2O. The summed E-state index contributed by atoms with van der Waals surface area (Å²) < 4.78 is 30.6. The number of halogens is 3. The summed E-state index contributed by atoms with van der Waals surface area (Å²) in [5.74, 6) is 5.73. The molecule has 0 aromatic heterocycles. The van der Waals surface area contributed by atoms with Crippen molar-refractivity contribution in [3.05, 3.63) is 63.2 Å². The first kappa shape index (κ1) is 16.1. The third-order valence-electron chi connectivity index (χ3n) is 3.06. The Labute approximate surface area is 135 Å². The molecule has 112 valence electrons. The highest BCUT2D eigenvalue weighted by atomic mass is 127. The van der Waals surface area contributed by atoms with Crippen LogP contribution in [0.15, 0.2) is 48.5 Å². The third kappa shape index (κ3) is 4.62. The van der Waals surface area contributed by atoms with E-state index >= 15 is 0 Å². The van der Waals surface area contributed by atoms with Crippen molar-refractivity contribution in [3.63, 3.8) is 0 Å². The lowest BCUT2D eigenvalue weighted by molar-refractivity contribution is -0.0507. The molecule has 2 aromatic rings. The minimum absolute atomic E-state index is 0.140. The van der Waals surface area contributed by atoms with Gasteiger partial charge in [-0.1, -0.05) is 30.3 Å². The van der Waals surface area contributed by atoms with Gasteiger partial charge in [0.15, 0.2) is 0 Å². The maximum atomic E-state index is 12.5. The molecule has 2 aromatic carbocycles. The molecule has 0 saturated carbocycles. The molecule has 3 N–H and O–H groups in total. The van der Waals surface area contributed by atoms with Gasteiger partial charge in [0, 0.05) is 9.13 Å². The molecule has 3 nitrogen and oxygen atoms in total. The summed E-state index contributed by atoms with van der Waals surface area (Å²) in [7, 11) is 0. The van der Waals surface area contributed by atoms with Crippen LogP contribution in [0, 0.1) is 3.57 Å². The molecule has 21 heavy (non-hydrogen) atoms. The highest BCUT2D eigenvalue weighted by Crippen LogP contribution is 2.28. The molecule has 0 bridgehead atoms. The molecule has 1 unspecified atom stereocenters. The molecule has 0 amide bonds. The van der Waals surface area contributed by atoms with Crippen molar-refractivity contribution in [1.29, 1.82) is 0 Å². The normalized spacial score (nSPS) is 12.4. The van der Waals surface area contributed by atoms with Crippen molar-refractivity contribution in [3.8, 4) is 5.75 Å². The largest absolute Gasteiger partial charge is 0.434 e. The zero-order chi connectivity index (χ0) is 15.2. The number of nitrogens with one attached hydrogen (secondary N) is 1. The van der Waals surface area contributed by atoms with Crippen LogP contribution in [0.3, 0.4) is 0 Å². The standard InChI is InChI=1S/C15H15F2IN2O/c16-15(17)21-14-4-2-1-3-12(14)13(20-19)9-10-5-7-11(18)8-6-10/h1-8,13,15,20H,9,19H2. The van der Waals surface area contributed by atoms with Crippen LogP contribution in [-0.2, 0) is 6.42 Å². The Morgan fingerprint density at radius 1 is 1.10 bits per heavy atom. The monoisotopic (exact) mass is 404 g/mol. The van der Waals surface area contributed by atoms with Crippen LogP contribution in [0.25, 0.3) is 0 Å². The van der Waals surface area contributed by atoms with Crippen LogP contribution >= 0.6 is 22.6 Å². The smallest absolute Gasteiger partial charge is 0.387 e. The van der Waals surface area contributed by atoms with E-state index in [4.69, 9.17) is 5.84 Å². The third-order valence-corrected chi connectivity index (χ3v) is 3.78. The van der Waals surface area contributed by atoms with Crippen molar-refractivity contribution in [2.45, 2.75) is 19.1 Å². The molecule has 1 atom stereocenters. The van der Waals surface area contributed by atoms with Gasteiger partial charge in [0.2, 0.25) is 0 Å². The van der Waals surface area contributed by atoms with E-state index in [1.165, 1.54) is 6.07 Å². The predicted molar refractivity (Wildman–Crippen MR) is 86.0 cm³/mol. The van der Waals surface area contributed by atoms with Crippen molar-refractivity contribution in [2.75, 3.05) is 0 Å². The summed E-state index contributed by atoms with van der Waals surface area (Å²) in [5.41, 5.74) is 4.34. The average Bonchev–Trinajstić information content (AvgIpc) is 2.47. The molecule has 0 aliphatic carbocycles. The fourth-order valence-corrected chi connectivity index (χ4v) is 2.45. The zero-order valence-electron chi connectivity index (χ0n) is 11.1. The molecule has 2 rings (SSSR count). The van der Waals surface area contributed by atoms with Crippen molar-refractivity contribution in [2.24, 2.45) is 5.84 Å². The lowest BCUT2D eigenvalue weighted by atomic mass is 9.98. The van der Waals surface area contributed by atoms with Gasteiger partial charge in [0.1, 0.15) is 5.75 Å². The number of rotatable bonds is 6. The van der Waals surface area contributed by atoms with Crippen LogP contribution in [0.5, 0.6) is 5.75 Å². The second-order valence-electron chi connectivity index (χ2n) is 4.47. The molecule has 0 aliphatic heterocycles. The van der Waals surface area contributed by atoms with E-state index in [1.807, 2.05) is 24.3 Å². The predicted octanol–water partition coefficient (Wildman–Crippen LogP) is 3.64. The van der Waals surface area contributed by atoms with Crippen LogP contribution < -0.4 is 16.0 Å². The van der Waals surface area contributed by atoms with Gasteiger partial charge in [-0.2, -0.15) is 8.78 Å². The summed E-state index contributed by atoms with van der Waals surface area (Å²) in [6.45, 7) is -2.86. The molecular weight excluding hydrogens is 389 g/mol. The maximum Gasteiger partial charge on any atom is 0.387 e. The molecule has 0 heterocycles. The minimum atomic E-state index is -2.86. The molecule has 0 radical (unpaired) electrons. The van der Waals surface area contributed by atoms with E-state index < -0.39 is 6.61 Å². The molecule has 0 aliphatic rings. The Morgan fingerprint density at radius 2 is 1.76 bits per heavy atom. The quantitative estimate of drug-likeness (QED) is 0.439. The topological polar surface area (TPSA) is 47.3 Å². The summed E-state index contributed by atoms with van der Waals surface area (Å²) in [5, 5.41) is 0. The fraction of sp³-hybridized carbons (Fsp3) is 0.200. The number of ether oxygens (including phenoxy) is 1. The Morgan fingerprint density at radius 3 is 2.38 bits per heavy atom. The van der Waals surface area contributed by atoms with Crippen LogP contribution in [0.4, 0.5) is 8.78 Å². The van der Waals surface area contributed by atoms with Crippen molar-refractivity contribution >= 4 is 22.6 Å². The molecule has 0 saturated heterocycles. The number of hydrogen-bond acceptors (Lipinski definition) is 3. The Balaban J connectivity index is 2.22. The van der Waals surface area contributed by atoms with Gasteiger partial charge in [-0.05, 0) is 52.8 Å². The highest BCUT2D eigenvalue weighted by Gasteiger charge is 2.17. The fourth-order valence-electron chi connectivity index (χ4n) is 2.09. The summed E-state index contributed by atoms with van der Waals surface area (Å²) in [4.78, 5) is 0. The van der Waals surface area contributed by atoms with E-state index in [0.717, 1.165) is 9.13 Å². The lowest BCUT2D eigenvalue weighted by Crippen LogP contribution is -2.30. The second-order valence-corrected chi connectivity index (χ2v) is 5.71. The average molecular weight is 404 g/mol. The first-order valence-electron chi connectivity index (χ1n) is 6.34. The molecule has 0 fully saturated rings. The van der Waals surface area contributed by atoms with Gasteiger partial charge in [-0.3, -0.25) is 11.3 Å². The van der Waals surface area contributed by atoms with Gasteiger partial charge in [-0.25, -0.2) is 0 Å². The van der Waals surface area contributed by atoms with E-state index in [-0.39, 0.29) is 11.8 Å². The van der Waals surface area contributed by atoms with E-state index in [9.17, 15) is 8.78 Å². The SMILES string of the molecule is NNC(Cc1ccc(I)cc1)c1ccccc1OC(F)F. The summed E-state index contributed by atoms with van der Waals surface area (Å²) in [6.07, 6.45) is 0.580. The Bertz CT molecular complexity index is 578. The molecule has 6 heteroatoms. The van der Waals surface area contributed by atoms with Crippen LogP contribution in [-0.4, -0.2) is 6.61 Å². The van der Waals surface area contributed by atoms with Gasteiger partial charge >= 0.3 is 6.61 Å². The Kier molecular flexibility index (Phi) is 5.89. The Hall–Kier alpha value is -1.25. The number of nitrogens with two attached hydrogens (primary N) is 1. The van der Waals surface area contributed by atoms with Gasteiger partial charge in [0.05, 0.1) is 6.04 Å². The van der Waals surface area contributed by atoms with Crippen LogP contribution in [0.1, 0.15) is 17.2 Å². The highest BCUT2D eigenvalue weighted by molar-refractivity contribution is 14.1. The second kappa shape index (κ2) is 7.67. The van der Waals surface area contributed by atoms with E-state index in [1.54, 1.807) is 18.2 Å². The summed E-state index contributed by atoms with van der Waals surface area (Å²) >= 11 is 2.23. The number of hydrogen-bond donors (Lipinski definition) is 2. The van der Waals surface area contributed by atoms with Crippen molar-refractivity contribution < 1.29 is 13.5 Å². The summed E-state index contributed by atoms with van der Waals surface area (Å²) in [6, 6.07) is 14.3. The zero-order valence-corrected chi connectivity index (χ0v) is 13.3. The lowest BCUT2D eigenvalue weighted by Gasteiger charge is -2.19. The van der Waals surface area contributed by atoms with Gasteiger partial charge < -0.3 is 4.74 Å². The first-order chi connectivity index (χ1) is 10.1. The number of para-hydroxylation sites is 1. The van der Waals surface area contributed by atoms with E-state index in [2.05, 4.69) is 32.8 Å². The van der Waals surface area contributed by atoms with Gasteiger partial charge in [-0.15, -0.1) is 0 Å². The van der Waals surface area contributed by atoms with E-state index in [0.29, 0.717) is 12.0 Å². The maximum absolute atomic E-state index is 12.5. The van der Waals surface area contributed by atoms with Crippen molar-refractivity contribution in [1.82, 2.24) is 5.43 Å². The van der Waals surface area contributed by atoms with Gasteiger partial charge in [0.25, 0.3) is 0 Å². The molecule has 0 spiro atoms. The number of benzene rings is 2. The first-order valence-corrected chi connectivity index (χ1v) is 7.42. The minimum Gasteiger partial charge on any atom is -0.434 e. The number of alkyl halides is 2.